The first kappa shape index (κ1) is 31.5. The van der Waals surface area contributed by atoms with Gasteiger partial charge in [0.2, 0.25) is 5.91 Å². The summed E-state index contributed by atoms with van der Waals surface area (Å²) < 4.78 is 39.6. The van der Waals surface area contributed by atoms with Crippen LogP contribution in [0.15, 0.2) is 61.7 Å². The summed E-state index contributed by atoms with van der Waals surface area (Å²) in [6.07, 6.45) is 6.63. The molecule has 3 N–H and O–H groups in total. The molecule has 2 aromatic carbocycles. The average molecular weight is 557 g/mol. The normalized spacial score (nSPS) is 17.6. The summed E-state index contributed by atoms with van der Waals surface area (Å²) in [7, 11) is 0. The fourth-order valence-electron chi connectivity index (χ4n) is 4.99. The Labute approximate surface area is 236 Å². The van der Waals surface area contributed by atoms with E-state index in [2.05, 4.69) is 23.8 Å². The van der Waals surface area contributed by atoms with Crippen LogP contribution in [0.4, 0.5) is 8.78 Å². The van der Waals surface area contributed by atoms with Crippen LogP contribution in [0.5, 0.6) is 5.75 Å². The van der Waals surface area contributed by atoms with Crippen molar-refractivity contribution in [2.24, 2.45) is 0 Å². The zero-order chi connectivity index (χ0) is 28.9. The lowest BCUT2D eigenvalue weighted by atomic mass is 9.99. The Morgan fingerprint density at radius 1 is 1.12 bits per heavy atom. The van der Waals surface area contributed by atoms with Crippen LogP contribution >= 0.6 is 0 Å². The molecule has 0 saturated heterocycles. The zero-order valence-electron chi connectivity index (χ0n) is 23.3. The molecule has 4 atom stereocenters. The quantitative estimate of drug-likeness (QED) is 0.158. The molecule has 0 spiro atoms. The number of rotatable bonds is 18. The lowest BCUT2D eigenvalue weighted by molar-refractivity contribution is -0.122. The van der Waals surface area contributed by atoms with Gasteiger partial charge in [0.05, 0.1) is 31.5 Å². The van der Waals surface area contributed by atoms with Gasteiger partial charge in [-0.25, -0.2) is 8.78 Å². The number of unbranched alkanes of at least 4 members (excludes halogenated alkanes) is 2. The van der Waals surface area contributed by atoms with Gasteiger partial charge in [-0.05, 0) is 79.5 Å². The Hall–Kier alpha value is -3.07. The second kappa shape index (κ2) is 16.3. The molecule has 3 rings (SSSR count). The van der Waals surface area contributed by atoms with Gasteiger partial charge >= 0.3 is 0 Å². The Balaban J connectivity index is 1.72. The molecule has 40 heavy (non-hydrogen) atoms. The third kappa shape index (κ3) is 9.54. The molecule has 0 aliphatic heterocycles. The molecule has 0 aromatic heterocycles. The predicted molar refractivity (Wildman–Crippen MR) is 153 cm³/mol. The number of hydrogen-bond acceptors (Lipinski definition) is 5. The summed E-state index contributed by atoms with van der Waals surface area (Å²) in [6.45, 7) is 10.7. The van der Waals surface area contributed by atoms with E-state index in [1.165, 1.54) is 12.1 Å². The standard InChI is InChI=1S/C32H42F2N2O4/c1-4-7-8-9-10-32(38)36-29(17-22-15-23(33)18-24(34)16-22)30(37)21-35-28-20-31(40-14-6-3)26-12-11-25(19-27(26)28)39-13-5-2/h4,6,11-12,15-16,18-19,28-31,35,37H,1,3,5,7-10,13-14,17,20-21H2,2H3,(H,36,38)/t28-,29-,30+,31+/m0/s1. The second-order valence-electron chi connectivity index (χ2n) is 10.2. The number of aliphatic hydroxyl groups is 1. The fourth-order valence-corrected chi connectivity index (χ4v) is 4.99. The number of nitrogens with one attached hydrogen (secondary N) is 2. The summed E-state index contributed by atoms with van der Waals surface area (Å²) in [4.78, 5) is 12.7. The van der Waals surface area contributed by atoms with Crippen LogP contribution in [0.2, 0.25) is 0 Å². The van der Waals surface area contributed by atoms with Crippen LogP contribution in [0.25, 0.3) is 0 Å². The van der Waals surface area contributed by atoms with Gasteiger partial charge in [-0.1, -0.05) is 25.1 Å². The van der Waals surface area contributed by atoms with E-state index >= 15 is 0 Å². The highest BCUT2D eigenvalue weighted by molar-refractivity contribution is 5.76. The number of fused-ring (bicyclic) bond motifs is 1. The molecule has 218 valence electrons. The van der Waals surface area contributed by atoms with Crippen molar-refractivity contribution in [3.63, 3.8) is 0 Å². The van der Waals surface area contributed by atoms with E-state index in [4.69, 9.17) is 9.47 Å². The highest BCUT2D eigenvalue weighted by atomic mass is 19.1. The molecule has 6 nitrogen and oxygen atoms in total. The van der Waals surface area contributed by atoms with Crippen LogP contribution in [0.1, 0.15) is 74.3 Å². The van der Waals surface area contributed by atoms with E-state index < -0.39 is 23.8 Å². The van der Waals surface area contributed by atoms with Crippen molar-refractivity contribution in [1.29, 1.82) is 0 Å². The minimum atomic E-state index is -1.01. The molecule has 1 aliphatic rings. The van der Waals surface area contributed by atoms with Crippen LogP contribution in [0, 0.1) is 11.6 Å². The van der Waals surface area contributed by atoms with Crippen molar-refractivity contribution in [3.05, 3.63) is 90.0 Å². The third-order valence-corrected chi connectivity index (χ3v) is 6.94. The van der Waals surface area contributed by atoms with Crippen molar-refractivity contribution in [1.82, 2.24) is 10.6 Å². The Bertz CT molecular complexity index is 1110. The van der Waals surface area contributed by atoms with Crippen LogP contribution in [0.3, 0.4) is 0 Å². The summed E-state index contributed by atoms with van der Waals surface area (Å²) in [5, 5.41) is 17.5. The molecular weight excluding hydrogens is 514 g/mol. The van der Waals surface area contributed by atoms with Crippen molar-refractivity contribution in [3.8, 4) is 5.75 Å². The van der Waals surface area contributed by atoms with E-state index in [0.717, 1.165) is 42.2 Å². The van der Waals surface area contributed by atoms with Gasteiger partial charge in [0.1, 0.15) is 17.4 Å². The molecule has 8 heteroatoms. The number of halogens is 2. The molecular formula is C32H42F2N2O4. The molecule has 0 heterocycles. The monoisotopic (exact) mass is 556 g/mol. The number of hydrogen-bond donors (Lipinski definition) is 3. The van der Waals surface area contributed by atoms with Gasteiger partial charge in [-0.3, -0.25) is 4.79 Å². The van der Waals surface area contributed by atoms with E-state index in [0.29, 0.717) is 38.0 Å². The highest BCUT2D eigenvalue weighted by Gasteiger charge is 2.33. The highest BCUT2D eigenvalue weighted by Crippen LogP contribution is 2.42. The van der Waals surface area contributed by atoms with Crippen LogP contribution in [-0.4, -0.2) is 42.9 Å². The smallest absolute Gasteiger partial charge is 0.220 e. The number of aliphatic hydroxyl groups excluding tert-OH is 1. The molecule has 0 radical (unpaired) electrons. The fraction of sp³-hybridized carbons (Fsp3) is 0.469. The van der Waals surface area contributed by atoms with Crippen molar-refractivity contribution < 1.29 is 28.2 Å². The Kier molecular flexibility index (Phi) is 12.8. The lowest BCUT2D eigenvalue weighted by Gasteiger charge is -2.26. The molecule has 1 aliphatic carbocycles. The first-order valence-electron chi connectivity index (χ1n) is 14.1. The minimum Gasteiger partial charge on any atom is -0.494 e. The summed E-state index contributed by atoms with van der Waals surface area (Å²) in [5.41, 5.74) is 2.44. The number of ether oxygens (including phenoxy) is 2. The van der Waals surface area contributed by atoms with Crippen LogP contribution < -0.4 is 15.4 Å². The summed E-state index contributed by atoms with van der Waals surface area (Å²) >= 11 is 0. The molecule has 0 bridgehead atoms. The zero-order valence-corrected chi connectivity index (χ0v) is 23.3. The average Bonchev–Trinajstić information content (AvgIpc) is 3.27. The van der Waals surface area contributed by atoms with Gasteiger partial charge in [0.15, 0.2) is 0 Å². The van der Waals surface area contributed by atoms with Gasteiger partial charge < -0.3 is 25.2 Å². The number of amides is 1. The maximum Gasteiger partial charge on any atom is 0.220 e. The SMILES string of the molecule is C=CCCCCC(=O)N[C@@H](Cc1cc(F)cc(F)c1)[C@H](O)CN[C@H]1C[C@@H](OCC=C)c2ccc(OCCC)cc21. The summed E-state index contributed by atoms with van der Waals surface area (Å²) in [6, 6.07) is 8.34. The number of carbonyl (C=O) groups excluding carboxylic acids is 1. The minimum absolute atomic E-state index is 0.0806. The molecule has 2 aromatic rings. The number of carbonyl (C=O) groups is 1. The van der Waals surface area contributed by atoms with E-state index in [1.54, 1.807) is 6.08 Å². The Morgan fingerprint density at radius 3 is 2.60 bits per heavy atom. The first-order valence-corrected chi connectivity index (χ1v) is 14.1. The molecule has 0 unspecified atom stereocenters. The molecule has 0 fully saturated rings. The maximum atomic E-state index is 13.9. The topological polar surface area (TPSA) is 79.8 Å². The lowest BCUT2D eigenvalue weighted by Crippen LogP contribution is -2.49. The van der Waals surface area contributed by atoms with Gasteiger partial charge in [0, 0.05) is 25.1 Å². The first-order chi connectivity index (χ1) is 19.3. The van der Waals surface area contributed by atoms with Crippen molar-refractivity contribution in [2.75, 3.05) is 19.8 Å². The number of benzene rings is 2. The van der Waals surface area contributed by atoms with E-state index in [-0.39, 0.29) is 31.0 Å². The van der Waals surface area contributed by atoms with Gasteiger partial charge in [-0.2, -0.15) is 0 Å². The largest absolute Gasteiger partial charge is 0.494 e. The molecule has 1 amide bonds. The van der Waals surface area contributed by atoms with E-state index in [1.807, 2.05) is 31.2 Å². The van der Waals surface area contributed by atoms with E-state index in [9.17, 15) is 18.7 Å². The van der Waals surface area contributed by atoms with Crippen molar-refractivity contribution >= 4 is 5.91 Å². The van der Waals surface area contributed by atoms with Crippen molar-refractivity contribution in [2.45, 2.75) is 76.2 Å². The summed E-state index contributed by atoms with van der Waals surface area (Å²) in [5.74, 6) is -0.850. The predicted octanol–water partition coefficient (Wildman–Crippen LogP) is 5.87. The Morgan fingerprint density at radius 2 is 1.90 bits per heavy atom. The maximum absolute atomic E-state index is 13.9. The third-order valence-electron chi connectivity index (χ3n) is 6.94. The van der Waals surface area contributed by atoms with Gasteiger partial charge in [-0.15, -0.1) is 13.2 Å². The number of allylic oxidation sites excluding steroid dienone is 1. The van der Waals surface area contributed by atoms with Crippen LogP contribution in [-0.2, 0) is 16.0 Å². The second-order valence-corrected chi connectivity index (χ2v) is 10.2. The van der Waals surface area contributed by atoms with Gasteiger partial charge in [0.25, 0.3) is 0 Å². The molecule has 0 saturated carbocycles.